The molecule has 0 aliphatic heterocycles. The zero-order chi connectivity index (χ0) is 14.8. The van der Waals surface area contributed by atoms with E-state index >= 15 is 0 Å². The van der Waals surface area contributed by atoms with E-state index < -0.39 is 0 Å². The summed E-state index contributed by atoms with van der Waals surface area (Å²) in [5, 5.41) is 1.25. The number of nitrogens with zero attached hydrogens (tertiary/aromatic N) is 2. The van der Waals surface area contributed by atoms with Crippen molar-refractivity contribution < 1.29 is 4.74 Å². The highest BCUT2D eigenvalue weighted by Crippen LogP contribution is 2.16. The number of halogens is 1. The molecule has 106 valence electrons. The molecular weight excluding hydrogens is 288 g/mol. The first-order valence-corrected chi connectivity index (χ1v) is 6.84. The highest BCUT2D eigenvalue weighted by molar-refractivity contribution is 6.29. The maximum atomic E-state index is 12.1. The molecule has 5 heteroatoms. The Balaban J connectivity index is 2.08. The summed E-state index contributed by atoms with van der Waals surface area (Å²) in [5.74, 6) is 0.783. The lowest BCUT2D eigenvalue weighted by molar-refractivity contribution is 0.414. The highest BCUT2D eigenvalue weighted by Gasteiger charge is 2.06. The van der Waals surface area contributed by atoms with Gasteiger partial charge >= 0.3 is 0 Å². The molecule has 0 amide bonds. The van der Waals surface area contributed by atoms with Crippen molar-refractivity contribution in [2.75, 3.05) is 7.11 Å². The molecule has 0 fully saturated rings. The molecule has 0 radical (unpaired) electrons. The third-order valence-corrected chi connectivity index (χ3v) is 3.51. The second-order valence-electron chi connectivity index (χ2n) is 4.65. The Morgan fingerprint density at radius 3 is 2.52 bits per heavy atom. The lowest BCUT2D eigenvalue weighted by atomic mass is 10.2. The molecule has 0 aliphatic rings. The molecule has 2 aromatic heterocycles. The molecule has 3 aromatic rings. The third-order valence-electron chi connectivity index (χ3n) is 3.30. The Morgan fingerprint density at radius 1 is 1.10 bits per heavy atom. The largest absolute Gasteiger partial charge is 0.497 e. The van der Waals surface area contributed by atoms with Crippen LogP contribution in [0.5, 0.6) is 5.75 Å². The fourth-order valence-electron chi connectivity index (χ4n) is 2.20. The van der Waals surface area contributed by atoms with Crippen molar-refractivity contribution in [2.24, 2.45) is 0 Å². The van der Waals surface area contributed by atoms with Gasteiger partial charge in [-0.2, -0.15) is 0 Å². The van der Waals surface area contributed by atoms with Crippen molar-refractivity contribution in [3.63, 3.8) is 0 Å². The summed E-state index contributed by atoms with van der Waals surface area (Å²) >= 11 is 5.94. The van der Waals surface area contributed by atoms with Crippen LogP contribution in [-0.2, 0) is 6.54 Å². The van der Waals surface area contributed by atoms with Crippen LogP contribution >= 0.6 is 11.6 Å². The molecular formula is C16H13ClN2O2. The fraction of sp³-hybridized carbons (Fsp3) is 0.125. The van der Waals surface area contributed by atoms with Crippen LogP contribution in [0.15, 0.2) is 53.3 Å². The Hall–Kier alpha value is -2.33. The Labute approximate surface area is 126 Å². The van der Waals surface area contributed by atoms with Gasteiger partial charge in [-0.25, -0.2) is 4.98 Å². The molecule has 0 aliphatic carbocycles. The SMILES string of the molecule is COc1ccc(Cn2c(=O)ccc3ccc(Cl)nc32)cc1. The molecule has 1 aromatic carbocycles. The maximum absolute atomic E-state index is 12.1. The summed E-state index contributed by atoms with van der Waals surface area (Å²) in [7, 11) is 1.62. The number of hydrogen-bond acceptors (Lipinski definition) is 3. The summed E-state index contributed by atoms with van der Waals surface area (Å²) in [4.78, 5) is 16.4. The van der Waals surface area contributed by atoms with Crippen molar-refractivity contribution in [3.05, 3.63) is 69.6 Å². The van der Waals surface area contributed by atoms with Gasteiger partial charge in [-0.15, -0.1) is 0 Å². The van der Waals surface area contributed by atoms with Crippen LogP contribution in [0.3, 0.4) is 0 Å². The van der Waals surface area contributed by atoms with Crippen molar-refractivity contribution in [3.8, 4) is 5.75 Å². The van der Waals surface area contributed by atoms with Crippen LogP contribution in [0.2, 0.25) is 5.15 Å². The zero-order valence-electron chi connectivity index (χ0n) is 11.4. The van der Waals surface area contributed by atoms with Gasteiger partial charge in [-0.1, -0.05) is 23.7 Å². The Bertz CT molecular complexity index is 841. The van der Waals surface area contributed by atoms with E-state index in [0.717, 1.165) is 16.7 Å². The molecule has 0 atom stereocenters. The van der Waals surface area contributed by atoms with Crippen molar-refractivity contribution in [1.29, 1.82) is 0 Å². The topological polar surface area (TPSA) is 44.1 Å². The number of hydrogen-bond donors (Lipinski definition) is 0. The third kappa shape index (κ3) is 2.76. The van der Waals surface area contributed by atoms with E-state index in [1.807, 2.05) is 30.3 Å². The summed E-state index contributed by atoms with van der Waals surface area (Å²) in [6, 6.07) is 14.5. The van der Waals surface area contributed by atoms with E-state index in [2.05, 4.69) is 4.98 Å². The van der Waals surface area contributed by atoms with Crippen LogP contribution in [0.1, 0.15) is 5.56 Å². The van der Waals surface area contributed by atoms with Crippen LogP contribution in [0, 0.1) is 0 Å². The molecule has 4 nitrogen and oxygen atoms in total. The minimum absolute atomic E-state index is 0.104. The van der Waals surface area contributed by atoms with Gasteiger partial charge in [0, 0.05) is 11.5 Å². The standard InChI is InChI=1S/C16H13ClN2O2/c1-21-13-6-2-11(3-7-13)10-19-15(20)9-5-12-4-8-14(17)18-16(12)19/h2-9H,10H2,1H3. The predicted molar refractivity (Wildman–Crippen MR) is 83.1 cm³/mol. The number of fused-ring (bicyclic) bond motifs is 1. The average Bonchev–Trinajstić information content (AvgIpc) is 2.51. The highest BCUT2D eigenvalue weighted by atomic mass is 35.5. The average molecular weight is 301 g/mol. The van der Waals surface area contributed by atoms with Gasteiger partial charge < -0.3 is 4.74 Å². The second kappa shape index (κ2) is 5.58. The van der Waals surface area contributed by atoms with E-state index in [9.17, 15) is 4.79 Å². The van der Waals surface area contributed by atoms with Gasteiger partial charge in [0.15, 0.2) is 0 Å². The van der Waals surface area contributed by atoms with Gasteiger partial charge in [0.2, 0.25) is 0 Å². The first kappa shape index (κ1) is 13.6. The van der Waals surface area contributed by atoms with E-state index in [4.69, 9.17) is 16.3 Å². The van der Waals surface area contributed by atoms with Gasteiger partial charge in [0.1, 0.15) is 16.5 Å². The fourth-order valence-corrected chi connectivity index (χ4v) is 2.35. The first-order valence-electron chi connectivity index (χ1n) is 6.46. The molecule has 0 saturated heterocycles. The molecule has 0 N–H and O–H groups in total. The molecule has 0 unspecified atom stereocenters. The van der Waals surface area contributed by atoms with Gasteiger partial charge in [-0.3, -0.25) is 9.36 Å². The van der Waals surface area contributed by atoms with Crippen molar-refractivity contribution in [2.45, 2.75) is 6.54 Å². The monoisotopic (exact) mass is 300 g/mol. The molecule has 21 heavy (non-hydrogen) atoms. The number of methoxy groups -OCH3 is 1. The van der Waals surface area contributed by atoms with Crippen molar-refractivity contribution in [1.82, 2.24) is 9.55 Å². The lowest BCUT2D eigenvalue weighted by Crippen LogP contribution is -2.20. The molecule has 2 heterocycles. The van der Waals surface area contributed by atoms with E-state index in [1.54, 1.807) is 29.9 Å². The van der Waals surface area contributed by atoms with E-state index in [1.165, 1.54) is 0 Å². The number of benzene rings is 1. The van der Waals surface area contributed by atoms with Gasteiger partial charge in [0.05, 0.1) is 13.7 Å². The minimum atomic E-state index is -0.104. The summed E-state index contributed by atoms with van der Waals surface area (Å²) in [6.07, 6.45) is 0. The predicted octanol–water partition coefficient (Wildman–Crippen LogP) is 3.11. The summed E-state index contributed by atoms with van der Waals surface area (Å²) < 4.78 is 6.74. The molecule has 0 spiro atoms. The minimum Gasteiger partial charge on any atom is -0.497 e. The van der Waals surface area contributed by atoms with Crippen LogP contribution in [0.25, 0.3) is 11.0 Å². The van der Waals surface area contributed by atoms with Crippen molar-refractivity contribution >= 4 is 22.6 Å². The smallest absolute Gasteiger partial charge is 0.252 e. The number of ether oxygens (including phenoxy) is 1. The summed E-state index contributed by atoms with van der Waals surface area (Å²) in [5.41, 5.74) is 1.48. The zero-order valence-corrected chi connectivity index (χ0v) is 12.2. The van der Waals surface area contributed by atoms with Gasteiger partial charge in [0.25, 0.3) is 5.56 Å². The maximum Gasteiger partial charge on any atom is 0.252 e. The molecule has 3 rings (SSSR count). The number of aromatic nitrogens is 2. The number of rotatable bonds is 3. The molecule has 0 saturated carbocycles. The van der Waals surface area contributed by atoms with Crippen LogP contribution in [-0.4, -0.2) is 16.7 Å². The van der Waals surface area contributed by atoms with Crippen LogP contribution in [0.4, 0.5) is 0 Å². The van der Waals surface area contributed by atoms with Crippen LogP contribution < -0.4 is 10.3 Å². The Morgan fingerprint density at radius 2 is 1.81 bits per heavy atom. The molecule has 0 bridgehead atoms. The van der Waals surface area contributed by atoms with E-state index in [0.29, 0.717) is 17.3 Å². The normalized spacial score (nSPS) is 10.8. The Kier molecular flexibility index (Phi) is 3.62. The quantitative estimate of drug-likeness (QED) is 0.698. The van der Waals surface area contributed by atoms with Gasteiger partial charge in [-0.05, 0) is 35.9 Å². The number of pyridine rings is 2. The first-order chi connectivity index (χ1) is 10.2. The summed E-state index contributed by atoms with van der Waals surface area (Å²) in [6.45, 7) is 0.438. The lowest BCUT2D eigenvalue weighted by Gasteiger charge is -2.10. The van der Waals surface area contributed by atoms with E-state index in [-0.39, 0.29) is 5.56 Å². The second-order valence-corrected chi connectivity index (χ2v) is 5.04.